The van der Waals surface area contributed by atoms with Gasteiger partial charge in [-0.05, 0) is 50.5 Å². The second kappa shape index (κ2) is 7.26. The van der Waals surface area contributed by atoms with Crippen LogP contribution in [-0.2, 0) is 17.6 Å². The lowest BCUT2D eigenvalue weighted by Gasteiger charge is -2.35. The first-order valence-corrected chi connectivity index (χ1v) is 11.4. The van der Waals surface area contributed by atoms with Crippen LogP contribution in [0.25, 0.3) is 10.2 Å². The van der Waals surface area contributed by atoms with Crippen molar-refractivity contribution >= 4 is 33.3 Å². The molecule has 0 radical (unpaired) electrons. The van der Waals surface area contributed by atoms with Crippen molar-refractivity contribution in [2.45, 2.75) is 52.0 Å². The molecule has 2 fully saturated rings. The predicted octanol–water partition coefficient (Wildman–Crippen LogP) is 2.53. The van der Waals surface area contributed by atoms with Crippen molar-refractivity contribution in [2.24, 2.45) is 5.92 Å². The van der Waals surface area contributed by atoms with E-state index in [1.165, 1.54) is 28.7 Å². The molecule has 3 heterocycles. The first kappa shape index (κ1) is 18.3. The van der Waals surface area contributed by atoms with Gasteiger partial charge in [0.2, 0.25) is 5.91 Å². The Hall–Kier alpha value is -1.73. The summed E-state index contributed by atoms with van der Waals surface area (Å²) in [5.41, 5.74) is 1.50. The lowest BCUT2D eigenvalue weighted by atomic mass is 9.89. The maximum atomic E-state index is 12.1. The van der Waals surface area contributed by atoms with Gasteiger partial charge in [-0.2, -0.15) is 0 Å². The molecule has 0 spiro atoms. The predicted molar refractivity (Wildman–Crippen MR) is 113 cm³/mol. The van der Waals surface area contributed by atoms with E-state index in [1.807, 2.05) is 18.3 Å². The molecule has 7 heteroatoms. The summed E-state index contributed by atoms with van der Waals surface area (Å²) in [6.45, 7) is 8.53. The molecular weight excluding hydrogens is 370 g/mol. The van der Waals surface area contributed by atoms with Gasteiger partial charge in [0.15, 0.2) is 0 Å². The number of amides is 1. The van der Waals surface area contributed by atoms with Crippen LogP contribution in [0.2, 0.25) is 0 Å². The number of hydrogen-bond acceptors (Lipinski definition) is 6. The third kappa shape index (κ3) is 3.62. The van der Waals surface area contributed by atoms with Crippen LogP contribution in [0.5, 0.6) is 0 Å². The molecule has 1 aliphatic heterocycles. The van der Waals surface area contributed by atoms with Crippen molar-refractivity contribution in [2.75, 3.05) is 37.6 Å². The Labute approximate surface area is 170 Å². The molecule has 28 heavy (non-hydrogen) atoms. The molecule has 0 bridgehead atoms. The molecule has 1 amide bonds. The first-order valence-electron chi connectivity index (χ1n) is 10.6. The SMILES string of the molecule is Cc1nc(N2CCN(CC(=O)NC3CC3)CC2)c2c3c(sc2n1)CC(C)CC3. The zero-order chi connectivity index (χ0) is 19.3. The zero-order valence-electron chi connectivity index (χ0n) is 16.8. The molecule has 2 aromatic rings. The van der Waals surface area contributed by atoms with Gasteiger partial charge in [0, 0.05) is 37.1 Å². The second-order valence-electron chi connectivity index (χ2n) is 8.73. The lowest BCUT2D eigenvalue weighted by Crippen LogP contribution is -2.50. The van der Waals surface area contributed by atoms with Crippen molar-refractivity contribution in [3.05, 3.63) is 16.3 Å². The van der Waals surface area contributed by atoms with Crippen LogP contribution in [-0.4, -0.2) is 59.5 Å². The van der Waals surface area contributed by atoms with Crippen LogP contribution in [0.15, 0.2) is 0 Å². The molecule has 150 valence electrons. The molecule has 1 saturated carbocycles. The smallest absolute Gasteiger partial charge is 0.234 e. The van der Waals surface area contributed by atoms with Crippen molar-refractivity contribution < 1.29 is 4.79 Å². The Morgan fingerprint density at radius 2 is 1.96 bits per heavy atom. The summed E-state index contributed by atoms with van der Waals surface area (Å²) in [5, 5.41) is 4.40. The van der Waals surface area contributed by atoms with Gasteiger partial charge in [-0.3, -0.25) is 9.69 Å². The molecule has 2 aliphatic carbocycles. The first-order chi connectivity index (χ1) is 13.6. The number of carbonyl (C=O) groups excluding carboxylic acids is 1. The van der Waals surface area contributed by atoms with E-state index in [0.29, 0.717) is 12.6 Å². The standard InChI is InChI=1S/C21H29N5OS/c1-13-3-6-16-17(11-13)28-21-19(16)20(22-14(2)23-21)26-9-7-25(8-10-26)12-18(27)24-15-4-5-15/h13,15H,3-12H2,1-2H3,(H,24,27). The van der Waals surface area contributed by atoms with Crippen molar-refractivity contribution in [1.82, 2.24) is 20.2 Å². The molecule has 0 aromatic carbocycles. The zero-order valence-corrected chi connectivity index (χ0v) is 17.6. The highest BCUT2D eigenvalue weighted by molar-refractivity contribution is 7.19. The van der Waals surface area contributed by atoms with Gasteiger partial charge in [-0.15, -0.1) is 11.3 Å². The maximum absolute atomic E-state index is 12.1. The van der Waals surface area contributed by atoms with Crippen LogP contribution in [0.3, 0.4) is 0 Å². The number of nitrogens with zero attached hydrogens (tertiary/aromatic N) is 4. The number of fused-ring (bicyclic) bond motifs is 3. The number of nitrogens with one attached hydrogen (secondary N) is 1. The van der Waals surface area contributed by atoms with Crippen LogP contribution in [0.4, 0.5) is 5.82 Å². The minimum atomic E-state index is 0.178. The summed E-state index contributed by atoms with van der Waals surface area (Å²) in [5.74, 6) is 2.93. The number of hydrogen-bond donors (Lipinski definition) is 1. The van der Waals surface area contributed by atoms with E-state index in [2.05, 4.69) is 22.0 Å². The minimum absolute atomic E-state index is 0.178. The van der Waals surface area contributed by atoms with E-state index in [4.69, 9.17) is 9.97 Å². The van der Waals surface area contributed by atoms with E-state index in [1.54, 1.807) is 0 Å². The van der Waals surface area contributed by atoms with E-state index >= 15 is 0 Å². The number of anilines is 1. The van der Waals surface area contributed by atoms with Crippen LogP contribution >= 0.6 is 11.3 Å². The Bertz CT molecular complexity index is 898. The molecular formula is C21H29N5OS. The molecule has 6 nitrogen and oxygen atoms in total. The lowest BCUT2D eigenvalue weighted by molar-refractivity contribution is -0.122. The van der Waals surface area contributed by atoms with Crippen LogP contribution < -0.4 is 10.2 Å². The summed E-state index contributed by atoms with van der Waals surface area (Å²) in [6.07, 6.45) is 5.88. The minimum Gasteiger partial charge on any atom is -0.353 e. The van der Waals surface area contributed by atoms with Crippen LogP contribution in [0, 0.1) is 12.8 Å². The topological polar surface area (TPSA) is 61.4 Å². The fraction of sp³-hybridized carbons (Fsp3) is 0.667. The third-order valence-electron chi connectivity index (χ3n) is 6.23. The average Bonchev–Trinajstić information content (AvgIpc) is 3.39. The van der Waals surface area contributed by atoms with Gasteiger partial charge in [0.1, 0.15) is 16.5 Å². The van der Waals surface area contributed by atoms with Gasteiger partial charge >= 0.3 is 0 Å². The third-order valence-corrected chi connectivity index (χ3v) is 7.38. The summed E-state index contributed by atoms with van der Waals surface area (Å²) in [7, 11) is 0. The fourth-order valence-corrected chi connectivity index (χ4v) is 5.90. The molecule has 2 aromatic heterocycles. The van der Waals surface area contributed by atoms with Gasteiger partial charge in [-0.25, -0.2) is 9.97 Å². The maximum Gasteiger partial charge on any atom is 0.234 e. The van der Waals surface area contributed by atoms with Gasteiger partial charge < -0.3 is 10.2 Å². The van der Waals surface area contributed by atoms with Gasteiger partial charge in [0.25, 0.3) is 0 Å². The fourth-order valence-electron chi connectivity index (χ4n) is 4.48. The van der Waals surface area contributed by atoms with E-state index < -0.39 is 0 Å². The monoisotopic (exact) mass is 399 g/mol. The number of thiophene rings is 1. The Kier molecular flexibility index (Phi) is 4.75. The normalized spacial score (nSPS) is 23.1. The molecule has 1 saturated heterocycles. The Balaban J connectivity index is 1.34. The highest BCUT2D eigenvalue weighted by Gasteiger charge is 2.28. The van der Waals surface area contributed by atoms with Gasteiger partial charge in [0.05, 0.1) is 11.9 Å². The Morgan fingerprint density at radius 1 is 1.18 bits per heavy atom. The average molecular weight is 400 g/mol. The quantitative estimate of drug-likeness (QED) is 0.856. The Morgan fingerprint density at radius 3 is 2.71 bits per heavy atom. The van der Waals surface area contributed by atoms with E-state index in [9.17, 15) is 4.79 Å². The van der Waals surface area contributed by atoms with E-state index in [-0.39, 0.29) is 5.91 Å². The van der Waals surface area contributed by atoms with Crippen molar-refractivity contribution in [3.8, 4) is 0 Å². The number of carbonyl (C=O) groups is 1. The number of rotatable bonds is 4. The highest BCUT2D eigenvalue weighted by Crippen LogP contribution is 2.41. The number of aromatic nitrogens is 2. The number of piperazine rings is 1. The molecule has 3 aliphatic rings. The van der Waals surface area contributed by atoms with Gasteiger partial charge in [-0.1, -0.05) is 6.92 Å². The van der Waals surface area contributed by atoms with Crippen molar-refractivity contribution in [3.63, 3.8) is 0 Å². The largest absolute Gasteiger partial charge is 0.353 e. The van der Waals surface area contributed by atoms with E-state index in [0.717, 1.165) is 67.8 Å². The summed E-state index contributed by atoms with van der Waals surface area (Å²) in [4.78, 5) is 29.1. The molecule has 1 unspecified atom stereocenters. The molecule has 1 atom stereocenters. The second-order valence-corrected chi connectivity index (χ2v) is 9.81. The molecule has 1 N–H and O–H groups in total. The molecule has 5 rings (SSSR count). The number of aryl methyl sites for hydroxylation is 2. The van der Waals surface area contributed by atoms with Crippen molar-refractivity contribution in [1.29, 1.82) is 0 Å². The summed E-state index contributed by atoms with van der Waals surface area (Å²) >= 11 is 1.88. The summed E-state index contributed by atoms with van der Waals surface area (Å²) < 4.78 is 0. The summed E-state index contributed by atoms with van der Waals surface area (Å²) in [6, 6.07) is 0.443. The highest BCUT2D eigenvalue weighted by atomic mass is 32.1. The van der Waals surface area contributed by atoms with Crippen LogP contribution in [0.1, 0.15) is 42.5 Å².